The SMILES string of the molecule is C=C1CC[C@]2(C)[C@@H](C)CC[C@@H](O)[C@]2(CCC=C(C)C)[C@H]1Cc1c[nH]c2ccccc12. The number of aliphatic hydroxyl groups excluding tert-OH is 1. The molecule has 4 rings (SSSR count). The first-order chi connectivity index (χ1) is 14.3. The van der Waals surface area contributed by atoms with E-state index >= 15 is 0 Å². The summed E-state index contributed by atoms with van der Waals surface area (Å²) >= 11 is 0. The van der Waals surface area contributed by atoms with Crippen molar-refractivity contribution in [3.05, 3.63) is 59.8 Å². The van der Waals surface area contributed by atoms with Gasteiger partial charge in [0.15, 0.2) is 0 Å². The summed E-state index contributed by atoms with van der Waals surface area (Å²) in [6, 6.07) is 8.59. The Morgan fingerprint density at radius 2 is 2.03 bits per heavy atom. The van der Waals surface area contributed by atoms with Gasteiger partial charge in [-0.3, -0.25) is 0 Å². The standard InChI is InChI=1S/C28H39NO/c1-19(2)9-8-15-28-24(17-22-18-29-25-11-7-6-10-23(22)25)20(3)14-16-27(28,5)21(4)12-13-26(28)30/h6-7,9-11,18,21,24,26,29-30H,3,8,12-17H2,1-2,4-5H3/t21-,24-,26+,27+,28-/m0/s1. The van der Waals surface area contributed by atoms with Crippen LogP contribution in [0.5, 0.6) is 0 Å². The van der Waals surface area contributed by atoms with Gasteiger partial charge in [-0.05, 0) is 87.7 Å². The van der Waals surface area contributed by atoms with Crippen LogP contribution < -0.4 is 0 Å². The van der Waals surface area contributed by atoms with Crippen LogP contribution in [0.25, 0.3) is 10.9 Å². The van der Waals surface area contributed by atoms with E-state index in [1.54, 1.807) is 0 Å². The number of aromatic nitrogens is 1. The molecule has 1 aromatic carbocycles. The molecule has 5 atom stereocenters. The van der Waals surface area contributed by atoms with Gasteiger partial charge in [0.1, 0.15) is 0 Å². The predicted molar refractivity (Wildman–Crippen MR) is 127 cm³/mol. The molecule has 2 aliphatic rings. The molecule has 2 aromatic rings. The largest absolute Gasteiger partial charge is 0.393 e. The van der Waals surface area contributed by atoms with Crippen molar-refractivity contribution in [1.82, 2.24) is 4.98 Å². The van der Waals surface area contributed by atoms with Crippen LogP contribution in [0.15, 0.2) is 54.3 Å². The number of allylic oxidation sites excluding steroid dienone is 3. The fourth-order valence-electron chi connectivity index (χ4n) is 6.96. The average molecular weight is 406 g/mol. The van der Waals surface area contributed by atoms with Gasteiger partial charge in [0.25, 0.3) is 0 Å². The van der Waals surface area contributed by atoms with E-state index in [1.807, 2.05) is 0 Å². The first kappa shape index (κ1) is 21.4. The van der Waals surface area contributed by atoms with Crippen LogP contribution in [0.2, 0.25) is 0 Å². The van der Waals surface area contributed by atoms with E-state index in [2.05, 4.69) is 75.8 Å². The van der Waals surface area contributed by atoms with E-state index in [0.717, 1.165) is 44.9 Å². The normalized spacial score (nSPS) is 34.0. The molecule has 2 saturated carbocycles. The fraction of sp³-hybridized carbons (Fsp3) is 0.571. The van der Waals surface area contributed by atoms with Crippen molar-refractivity contribution in [2.75, 3.05) is 0 Å². The van der Waals surface area contributed by atoms with Crippen molar-refractivity contribution in [3.8, 4) is 0 Å². The van der Waals surface area contributed by atoms with E-state index in [4.69, 9.17) is 0 Å². The molecule has 2 aliphatic carbocycles. The summed E-state index contributed by atoms with van der Waals surface area (Å²) < 4.78 is 0. The van der Waals surface area contributed by atoms with Gasteiger partial charge in [0.05, 0.1) is 6.10 Å². The Bertz CT molecular complexity index is 948. The van der Waals surface area contributed by atoms with E-state index < -0.39 is 0 Å². The van der Waals surface area contributed by atoms with E-state index in [9.17, 15) is 5.11 Å². The smallest absolute Gasteiger partial charge is 0.0607 e. The molecule has 162 valence electrons. The van der Waals surface area contributed by atoms with Gasteiger partial charge >= 0.3 is 0 Å². The van der Waals surface area contributed by atoms with Crippen LogP contribution in [0.4, 0.5) is 0 Å². The average Bonchev–Trinajstić information content (AvgIpc) is 3.12. The van der Waals surface area contributed by atoms with Gasteiger partial charge in [-0.2, -0.15) is 0 Å². The minimum atomic E-state index is -0.253. The molecule has 0 radical (unpaired) electrons. The van der Waals surface area contributed by atoms with Crippen molar-refractivity contribution < 1.29 is 5.11 Å². The fourth-order valence-corrected chi connectivity index (χ4v) is 6.96. The summed E-state index contributed by atoms with van der Waals surface area (Å²) in [6.07, 6.45) is 11.7. The number of H-pyrrole nitrogens is 1. The van der Waals surface area contributed by atoms with Gasteiger partial charge < -0.3 is 10.1 Å². The highest BCUT2D eigenvalue weighted by molar-refractivity contribution is 5.83. The third kappa shape index (κ3) is 3.28. The molecule has 0 bridgehead atoms. The Labute approximate surface area is 182 Å². The summed E-state index contributed by atoms with van der Waals surface area (Å²) in [4.78, 5) is 3.46. The highest BCUT2D eigenvalue weighted by Gasteiger charge is 2.62. The Balaban J connectivity index is 1.80. The van der Waals surface area contributed by atoms with Crippen molar-refractivity contribution in [2.45, 2.75) is 78.7 Å². The van der Waals surface area contributed by atoms with Gasteiger partial charge in [-0.1, -0.05) is 55.8 Å². The van der Waals surface area contributed by atoms with Gasteiger partial charge in [-0.15, -0.1) is 0 Å². The number of benzene rings is 1. The van der Waals surface area contributed by atoms with Crippen LogP contribution in [0.1, 0.15) is 71.8 Å². The number of aromatic amines is 1. The van der Waals surface area contributed by atoms with E-state index in [-0.39, 0.29) is 16.9 Å². The first-order valence-electron chi connectivity index (χ1n) is 11.8. The minimum Gasteiger partial charge on any atom is -0.393 e. The molecule has 1 aromatic heterocycles. The topological polar surface area (TPSA) is 36.0 Å². The number of rotatable bonds is 5. The second-order valence-electron chi connectivity index (χ2n) is 10.5. The van der Waals surface area contributed by atoms with Gasteiger partial charge in [0.2, 0.25) is 0 Å². The highest BCUT2D eigenvalue weighted by atomic mass is 16.3. The van der Waals surface area contributed by atoms with Crippen molar-refractivity contribution in [2.24, 2.45) is 22.7 Å². The zero-order chi connectivity index (χ0) is 21.5. The zero-order valence-corrected chi connectivity index (χ0v) is 19.3. The van der Waals surface area contributed by atoms with Crippen molar-refractivity contribution in [1.29, 1.82) is 0 Å². The molecular formula is C28H39NO. The van der Waals surface area contributed by atoms with Crippen LogP contribution in [-0.2, 0) is 6.42 Å². The maximum atomic E-state index is 11.7. The van der Waals surface area contributed by atoms with E-state index in [0.29, 0.717) is 11.8 Å². The molecule has 0 aliphatic heterocycles. The number of para-hydroxylation sites is 1. The molecule has 0 amide bonds. The quantitative estimate of drug-likeness (QED) is 0.507. The maximum absolute atomic E-state index is 11.7. The molecular weight excluding hydrogens is 366 g/mol. The van der Waals surface area contributed by atoms with Crippen LogP contribution in [0, 0.1) is 22.7 Å². The molecule has 30 heavy (non-hydrogen) atoms. The number of hydrogen-bond donors (Lipinski definition) is 2. The van der Waals surface area contributed by atoms with Crippen LogP contribution in [0.3, 0.4) is 0 Å². The third-order valence-electron chi connectivity index (χ3n) is 8.91. The van der Waals surface area contributed by atoms with Crippen LogP contribution in [-0.4, -0.2) is 16.2 Å². The monoisotopic (exact) mass is 405 g/mol. The lowest BCUT2D eigenvalue weighted by Crippen LogP contribution is -2.61. The summed E-state index contributed by atoms with van der Waals surface area (Å²) in [6.45, 7) is 13.9. The molecule has 1 heterocycles. The molecule has 0 unspecified atom stereocenters. The Morgan fingerprint density at radius 3 is 2.80 bits per heavy atom. The molecule has 2 nitrogen and oxygen atoms in total. The maximum Gasteiger partial charge on any atom is 0.0607 e. The molecule has 2 N–H and O–H groups in total. The lowest BCUT2D eigenvalue weighted by atomic mass is 9.40. The highest BCUT2D eigenvalue weighted by Crippen LogP contribution is 2.66. The third-order valence-corrected chi connectivity index (χ3v) is 8.91. The van der Waals surface area contributed by atoms with Crippen molar-refractivity contribution >= 4 is 10.9 Å². The van der Waals surface area contributed by atoms with Gasteiger partial charge in [-0.25, -0.2) is 0 Å². The van der Waals surface area contributed by atoms with Crippen molar-refractivity contribution in [3.63, 3.8) is 0 Å². The lowest BCUT2D eigenvalue weighted by Gasteiger charge is -2.64. The number of aliphatic hydroxyl groups is 1. The number of hydrogen-bond acceptors (Lipinski definition) is 1. The molecule has 0 spiro atoms. The zero-order valence-electron chi connectivity index (χ0n) is 19.3. The second kappa shape index (κ2) is 8.04. The second-order valence-corrected chi connectivity index (χ2v) is 10.5. The number of nitrogens with one attached hydrogen (secondary N) is 1. The summed E-state index contributed by atoms with van der Waals surface area (Å²) in [5, 5.41) is 13.0. The molecule has 0 saturated heterocycles. The summed E-state index contributed by atoms with van der Waals surface area (Å²) in [5.41, 5.74) is 5.33. The lowest BCUT2D eigenvalue weighted by molar-refractivity contribution is -0.179. The molecule has 2 heteroatoms. The number of fused-ring (bicyclic) bond motifs is 2. The van der Waals surface area contributed by atoms with Gasteiger partial charge in [0, 0.05) is 22.5 Å². The minimum absolute atomic E-state index is 0.107. The first-order valence-corrected chi connectivity index (χ1v) is 11.8. The summed E-state index contributed by atoms with van der Waals surface area (Å²) in [5.74, 6) is 0.949. The Kier molecular flexibility index (Phi) is 5.74. The Hall–Kier alpha value is -1.80. The van der Waals surface area contributed by atoms with Crippen LogP contribution >= 0.6 is 0 Å². The predicted octanol–water partition coefficient (Wildman–Crippen LogP) is 7.21. The Morgan fingerprint density at radius 1 is 1.27 bits per heavy atom. The molecule has 2 fully saturated rings. The van der Waals surface area contributed by atoms with E-state index in [1.165, 1.54) is 27.6 Å². The summed E-state index contributed by atoms with van der Waals surface area (Å²) in [7, 11) is 0.